The number of rotatable bonds is 2. The molecule has 0 aromatic heterocycles. The van der Waals surface area contributed by atoms with E-state index in [4.69, 9.17) is 5.73 Å². The predicted molar refractivity (Wildman–Crippen MR) is 90.3 cm³/mol. The van der Waals surface area contributed by atoms with E-state index in [1.807, 2.05) is 0 Å². The van der Waals surface area contributed by atoms with E-state index in [2.05, 4.69) is 18.7 Å². The lowest BCUT2D eigenvalue weighted by Crippen LogP contribution is -2.49. The number of hydrogen-bond acceptors (Lipinski definition) is 2. The SMILES string of the molecule is CC(C)C1CCCN(C(=O)C2CC3CCCC(C2)C3N)CC1. The van der Waals surface area contributed by atoms with Crippen molar-refractivity contribution >= 4 is 5.91 Å². The first-order chi connectivity index (χ1) is 10.6. The van der Waals surface area contributed by atoms with Crippen LogP contribution in [0.15, 0.2) is 0 Å². The highest BCUT2D eigenvalue weighted by molar-refractivity contribution is 5.79. The third-order valence-corrected chi connectivity index (χ3v) is 6.79. The van der Waals surface area contributed by atoms with Crippen LogP contribution in [0, 0.1) is 29.6 Å². The molecule has 3 atom stereocenters. The molecule has 3 unspecified atom stereocenters. The molecule has 1 aliphatic heterocycles. The van der Waals surface area contributed by atoms with Crippen molar-refractivity contribution in [1.82, 2.24) is 4.90 Å². The summed E-state index contributed by atoms with van der Waals surface area (Å²) in [6.45, 7) is 6.62. The number of likely N-dealkylation sites (tertiary alicyclic amines) is 1. The summed E-state index contributed by atoms with van der Waals surface area (Å²) in [7, 11) is 0. The molecule has 2 aliphatic carbocycles. The van der Waals surface area contributed by atoms with Crippen LogP contribution in [0.3, 0.4) is 0 Å². The molecule has 126 valence electrons. The highest BCUT2D eigenvalue weighted by Crippen LogP contribution is 2.42. The zero-order chi connectivity index (χ0) is 15.7. The minimum Gasteiger partial charge on any atom is -0.342 e. The summed E-state index contributed by atoms with van der Waals surface area (Å²) in [5.74, 6) is 3.49. The van der Waals surface area contributed by atoms with Crippen LogP contribution in [-0.4, -0.2) is 29.9 Å². The van der Waals surface area contributed by atoms with E-state index in [1.54, 1.807) is 0 Å². The van der Waals surface area contributed by atoms with E-state index in [9.17, 15) is 4.79 Å². The van der Waals surface area contributed by atoms with Gasteiger partial charge in [-0.25, -0.2) is 0 Å². The Balaban J connectivity index is 1.59. The van der Waals surface area contributed by atoms with E-state index in [0.717, 1.165) is 37.8 Å². The molecule has 2 bridgehead atoms. The quantitative estimate of drug-likeness (QED) is 0.849. The van der Waals surface area contributed by atoms with Gasteiger partial charge < -0.3 is 10.6 Å². The maximum Gasteiger partial charge on any atom is 0.225 e. The van der Waals surface area contributed by atoms with Crippen LogP contribution in [-0.2, 0) is 4.79 Å². The van der Waals surface area contributed by atoms with Crippen LogP contribution in [0.4, 0.5) is 0 Å². The van der Waals surface area contributed by atoms with E-state index in [1.165, 1.54) is 38.5 Å². The van der Waals surface area contributed by atoms with E-state index in [-0.39, 0.29) is 5.92 Å². The van der Waals surface area contributed by atoms with Gasteiger partial charge in [0.25, 0.3) is 0 Å². The molecule has 3 rings (SSSR count). The first kappa shape index (κ1) is 16.3. The molecule has 3 nitrogen and oxygen atoms in total. The highest BCUT2D eigenvalue weighted by Gasteiger charge is 2.41. The Hall–Kier alpha value is -0.570. The van der Waals surface area contributed by atoms with Gasteiger partial charge in [-0.05, 0) is 68.6 Å². The smallest absolute Gasteiger partial charge is 0.225 e. The third-order valence-electron chi connectivity index (χ3n) is 6.79. The molecule has 0 aromatic carbocycles. The van der Waals surface area contributed by atoms with Gasteiger partial charge in [-0.15, -0.1) is 0 Å². The predicted octanol–water partition coefficient (Wildman–Crippen LogP) is 3.42. The minimum absolute atomic E-state index is 0.269. The van der Waals surface area contributed by atoms with Crippen molar-refractivity contribution in [3.63, 3.8) is 0 Å². The summed E-state index contributed by atoms with van der Waals surface area (Å²) in [6, 6.07) is 0.368. The largest absolute Gasteiger partial charge is 0.342 e. The summed E-state index contributed by atoms with van der Waals surface area (Å²) in [4.78, 5) is 15.2. The second kappa shape index (κ2) is 6.90. The summed E-state index contributed by atoms with van der Waals surface area (Å²) in [5.41, 5.74) is 6.38. The molecule has 0 spiro atoms. The van der Waals surface area contributed by atoms with Gasteiger partial charge in [0.1, 0.15) is 0 Å². The normalized spacial score (nSPS) is 39.6. The van der Waals surface area contributed by atoms with Crippen LogP contribution in [0.5, 0.6) is 0 Å². The Morgan fingerprint density at radius 3 is 2.32 bits per heavy atom. The molecule has 1 amide bonds. The fourth-order valence-electron chi connectivity index (χ4n) is 5.26. The zero-order valence-electron chi connectivity index (χ0n) is 14.5. The van der Waals surface area contributed by atoms with E-state index in [0.29, 0.717) is 23.8 Å². The number of amides is 1. The molecule has 2 N–H and O–H groups in total. The highest BCUT2D eigenvalue weighted by atomic mass is 16.2. The van der Waals surface area contributed by atoms with Crippen molar-refractivity contribution < 1.29 is 4.79 Å². The van der Waals surface area contributed by atoms with Crippen LogP contribution in [0.2, 0.25) is 0 Å². The average Bonchev–Trinajstić information content (AvgIpc) is 2.72. The summed E-state index contributed by atoms with van der Waals surface area (Å²) in [5, 5.41) is 0. The maximum absolute atomic E-state index is 13.0. The molecule has 1 saturated heterocycles. The second-order valence-corrected chi connectivity index (χ2v) is 8.46. The minimum atomic E-state index is 0.269. The number of carbonyl (C=O) groups is 1. The summed E-state index contributed by atoms with van der Waals surface area (Å²) < 4.78 is 0. The molecule has 0 aromatic rings. The molecule has 3 fully saturated rings. The van der Waals surface area contributed by atoms with Crippen molar-refractivity contribution in [2.24, 2.45) is 35.3 Å². The van der Waals surface area contributed by atoms with Gasteiger partial charge in [-0.2, -0.15) is 0 Å². The van der Waals surface area contributed by atoms with Crippen LogP contribution >= 0.6 is 0 Å². The average molecular weight is 306 g/mol. The van der Waals surface area contributed by atoms with Crippen LogP contribution in [0.1, 0.15) is 65.2 Å². The molecule has 1 heterocycles. The number of carbonyl (C=O) groups excluding carboxylic acids is 1. The molecule has 22 heavy (non-hydrogen) atoms. The van der Waals surface area contributed by atoms with E-state index < -0.39 is 0 Å². The standard InChI is InChI=1S/C19H34N2O/c1-13(2)14-7-4-9-21(10-8-14)19(22)17-11-15-5-3-6-16(12-17)18(15)20/h13-18H,3-12,20H2,1-2H3. The number of hydrogen-bond donors (Lipinski definition) is 1. The van der Waals surface area contributed by atoms with Crippen molar-refractivity contribution in [3.8, 4) is 0 Å². The Kier molecular flexibility index (Phi) is 5.11. The van der Waals surface area contributed by atoms with Gasteiger partial charge in [-0.1, -0.05) is 20.3 Å². The van der Waals surface area contributed by atoms with Crippen molar-refractivity contribution in [2.75, 3.05) is 13.1 Å². The molecule has 3 heteroatoms. The molecular formula is C19H34N2O. The van der Waals surface area contributed by atoms with Crippen molar-refractivity contribution in [2.45, 2.75) is 71.3 Å². The van der Waals surface area contributed by atoms with Gasteiger partial charge in [0.15, 0.2) is 0 Å². The Labute approximate surface area is 136 Å². The molecule has 3 aliphatic rings. The number of fused-ring (bicyclic) bond motifs is 2. The third kappa shape index (κ3) is 3.34. The zero-order valence-corrected chi connectivity index (χ0v) is 14.5. The van der Waals surface area contributed by atoms with Crippen LogP contribution < -0.4 is 5.73 Å². The number of nitrogens with two attached hydrogens (primary N) is 1. The monoisotopic (exact) mass is 306 g/mol. The van der Waals surface area contributed by atoms with Gasteiger partial charge >= 0.3 is 0 Å². The van der Waals surface area contributed by atoms with Crippen molar-refractivity contribution in [1.29, 1.82) is 0 Å². The maximum atomic E-state index is 13.0. The van der Waals surface area contributed by atoms with Gasteiger partial charge in [0, 0.05) is 25.0 Å². The van der Waals surface area contributed by atoms with Gasteiger partial charge in [0.05, 0.1) is 0 Å². The van der Waals surface area contributed by atoms with Gasteiger partial charge in [-0.3, -0.25) is 4.79 Å². The Morgan fingerprint density at radius 2 is 1.68 bits per heavy atom. The van der Waals surface area contributed by atoms with Crippen LogP contribution in [0.25, 0.3) is 0 Å². The topological polar surface area (TPSA) is 46.3 Å². The lowest BCUT2D eigenvalue weighted by atomic mass is 9.65. The van der Waals surface area contributed by atoms with Crippen molar-refractivity contribution in [3.05, 3.63) is 0 Å². The second-order valence-electron chi connectivity index (χ2n) is 8.46. The molecule has 0 radical (unpaired) electrons. The summed E-state index contributed by atoms with van der Waals surface area (Å²) >= 11 is 0. The Morgan fingerprint density at radius 1 is 1.00 bits per heavy atom. The lowest BCUT2D eigenvalue weighted by Gasteiger charge is -2.44. The fraction of sp³-hybridized carbons (Fsp3) is 0.947. The number of nitrogens with zero attached hydrogens (tertiary/aromatic N) is 1. The van der Waals surface area contributed by atoms with Gasteiger partial charge in [0.2, 0.25) is 5.91 Å². The molecule has 2 saturated carbocycles. The Bertz CT molecular complexity index is 381. The first-order valence-electron chi connectivity index (χ1n) is 9.60. The van der Waals surface area contributed by atoms with E-state index >= 15 is 0 Å². The summed E-state index contributed by atoms with van der Waals surface area (Å²) in [6.07, 6.45) is 9.61. The fourth-order valence-corrected chi connectivity index (χ4v) is 5.26. The lowest BCUT2D eigenvalue weighted by molar-refractivity contribution is -0.138. The first-order valence-corrected chi connectivity index (χ1v) is 9.60. The molecular weight excluding hydrogens is 272 g/mol.